The molecular formula is C37H51ClN2O6S. The Kier molecular flexibility index (Phi) is 10.7. The lowest BCUT2D eigenvalue weighted by atomic mass is 9.67. The summed E-state index contributed by atoms with van der Waals surface area (Å²) in [6, 6.07) is 11.9. The number of aryl methyl sites for hydroxylation is 1. The van der Waals surface area contributed by atoms with Crippen molar-refractivity contribution in [3.8, 4) is 5.75 Å². The second-order valence-corrected chi connectivity index (χ2v) is 17.2. The van der Waals surface area contributed by atoms with Crippen LogP contribution in [0.1, 0.15) is 88.2 Å². The molecule has 0 bridgehead atoms. The van der Waals surface area contributed by atoms with E-state index >= 15 is 0 Å². The third-order valence-corrected chi connectivity index (χ3v) is 11.1. The van der Waals surface area contributed by atoms with Crippen molar-refractivity contribution in [2.24, 2.45) is 22.9 Å². The van der Waals surface area contributed by atoms with Crippen LogP contribution in [-0.2, 0) is 31.3 Å². The van der Waals surface area contributed by atoms with E-state index in [0.29, 0.717) is 30.4 Å². The maximum Gasteiger partial charge on any atom is 0.338 e. The summed E-state index contributed by atoms with van der Waals surface area (Å²) < 4.78 is 41.5. The number of benzene rings is 2. The molecule has 1 unspecified atom stereocenters. The molecule has 2 aliphatic carbocycles. The van der Waals surface area contributed by atoms with Crippen LogP contribution in [0.15, 0.2) is 48.0 Å². The van der Waals surface area contributed by atoms with Crippen LogP contribution in [-0.4, -0.2) is 58.7 Å². The Labute approximate surface area is 286 Å². The van der Waals surface area contributed by atoms with Crippen LogP contribution in [0.2, 0.25) is 5.02 Å². The maximum atomic E-state index is 13.2. The Bertz CT molecular complexity index is 1600. The van der Waals surface area contributed by atoms with E-state index in [1.165, 1.54) is 11.1 Å². The number of nitrogens with two attached hydrogens (primary N) is 1. The molecule has 1 saturated carbocycles. The van der Waals surface area contributed by atoms with Crippen molar-refractivity contribution < 1.29 is 27.4 Å². The Morgan fingerprint density at radius 1 is 1.21 bits per heavy atom. The van der Waals surface area contributed by atoms with E-state index in [-0.39, 0.29) is 29.2 Å². The standard InChI is InChI=1S/C37H51ClN2O6S/c1-24(15-17-47(39,42)43)18-25(2)34(44-6)30-12-9-28(30)21-40-22-37(16-7-8-26-19-29(38)11-13-31(26)37)23-45-33-14-10-27(20-32(33)40)35(41)46-36(3,4)5/h10-11,13-14,18-20,24,28,30,34H,7-9,12,15-17,21-23H2,1-6H3,(H2,39,42,43)/b25-18+/t24?,28-,30+,34-,37-/m0/s1. The summed E-state index contributed by atoms with van der Waals surface area (Å²) >= 11 is 6.45. The van der Waals surface area contributed by atoms with E-state index in [1.54, 1.807) is 13.2 Å². The molecule has 1 heterocycles. The summed E-state index contributed by atoms with van der Waals surface area (Å²) in [4.78, 5) is 15.6. The van der Waals surface area contributed by atoms with Crippen LogP contribution in [0.4, 0.5) is 5.69 Å². The van der Waals surface area contributed by atoms with Crippen molar-refractivity contribution in [2.75, 3.05) is 37.5 Å². The fourth-order valence-electron chi connectivity index (χ4n) is 7.76. The molecule has 0 radical (unpaired) electrons. The largest absolute Gasteiger partial charge is 0.490 e. The predicted molar refractivity (Wildman–Crippen MR) is 188 cm³/mol. The van der Waals surface area contributed by atoms with Crippen molar-refractivity contribution in [3.63, 3.8) is 0 Å². The van der Waals surface area contributed by atoms with E-state index in [9.17, 15) is 13.2 Å². The molecule has 8 nitrogen and oxygen atoms in total. The molecule has 0 saturated heterocycles. The number of hydrogen-bond donors (Lipinski definition) is 1. The molecule has 0 amide bonds. The molecule has 1 spiro atoms. The van der Waals surface area contributed by atoms with Gasteiger partial charge in [-0.1, -0.05) is 30.7 Å². The lowest BCUT2D eigenvalue weighted by molar-refractivity contribution is 0.00601. The highest BCUT2D eigenvalue weighted by Gasteiger charge is 2.45. The van der Waals surface area contributed by atoms with Gasteiger partial charge in [0, 0.05) is 30.6 Å². The molecule has 2 aromatic rings. The van der Waals surface area contributed by atoms with E-state index in [2.05, 4.69) is 30.0 Å². The predicted octanol–water partition coefficient (Wildman–Crippen LogP) is 7.07. The van der Waals surface area contributed by atoms with Crippen molar-refractivity contribution in [1.29, 1.82) is 0 Å². The minimum atomic E-state index is -3.51. The topological polar surface area (TPSA) is 108 Å². The quantitative estimate of drug-likeness (QED) is 0.210. The number of anilines is 1. The van der Waals surface area contributed by atoms with Crippen LogP contribution in [0, 0.1) is 17.8 Å². The number of carbonyl (C=O) groups is 1. The summed E-state index contributed by atoms with van der Waals surface area (Å²) in [5.74, 6) is 1.09. The molecule has 3 aliphatic rings. The van der Waals surface area contributed by atoms with Gasteiger partial charge in [0.15, 0.2) is 0 Å². The number of halogens is 1. The molecule has 258 valence electrons. The first-order valence-electron chi connectivity index (χ1n) is 16.8. The highest BCUT2D eigenvalue weighted by atomic mass is 35.5. The van der Waals surface area contributed by atoms with Crippen molar-refractivity contribution >= 4 is 33.3 Å². The van der Waals surface area contributed by atoms with Gasteiger partial charge >= 0.3 is 5.97 Å². The van der Waals surface area contributed by atoms with Gasteiger partial charge in [-0.25, -0.2) is 18.4 Å². The summed E-state index contributed by atoms with van der Waals surface area (Å²) in [6.07, 6.45) is 7.68. The monoisotopic (exact) mass is 686 g/mol. The summed E-state index contributed by atoms with van der Waals surface area (Å²) in [6.45, 7) is 11.8. The third-order valence-electron chi connectivity index (χ3n) is 10.1. The molecule has 47 heavy (non-hydrogen) atoms. The molecule has 10 heteroatoms. The normalized spacial score (nSPS) is 24.3. The number of esters is 1. The second kappa shape index (κ2) is 14.1. The highest BCUT2D eigenvalue weighted by molar-refractivity contribution is 7.89. The second-order valence-electron chi connectivity index (χ2n) is 15.0. The van der Waals surface area contributed by atoms with Gasteiger partial charge in [0.1, 0.15) is 11.4 Å². The fraction of sp³-hybridized carbons (Fsp3) is 0.595. The Balaban J connectivity index is 1.46. The molecular weight excluding hydrogens is 636 g/mol. The zero-order chi connectivity index (χ0) is 34.1. The van der Waals surface area contributed by atoms with Crippen molar-refractivity contribution in [3.05, 3.63) is 69.8 Å². The Hall–Kier alpha value is -2.59. The van der Waals surface area contributed by atoms with Crippen molar-refractivity contribution in [2.45, 2.75) is 90.3 Å². The minimum absolute atomic E-state index is 0.0412. The maximum absolute atomic E-state index is 13.2. The Morgan fingerprint density at radius 2 is 1.98 bits per heavy atom. The average Bonchev–Trinajstić information content (AvgIpc) is 3.12. The number of ether oxygens (including phenoxy) is 3. The number of carbonyl (C=O) groups excluding carboxylic acids is 1. The zero-order valence-electron chi connectivity index (χ0n) is 28.7. The number of nitrogens with zero attached hydrogens (tertiary/aromatic N) is 1. The zero-order valence-corrected chi connectivity index (χ0v) is 30.3. The van der Waals surface area contributed by atoms with Crippen molar-refractivity contribution in [1.82, 2.24) is 0 Å². The molecule has 2 aromatic carbocycles. The lowest BCUT2D eigenvalue weighted by Crippen LogP contribution is -2.50. The Morgan fingerprint density at radius 3 is 2.64 bits per heavy atom. The van der Waals surface area contributed by atoms with Gasteiger partial charge in [-0.05, 0) is 131 Å². The number of primary sulfonamides is 1. The third kappa shape index (κ3) is 8.53. The van der Waals surface area contributed by atoms with Gasteiger partial charge in [0.25, 0.3) is 0 Å². The number of methoxy groups -OCH3 is 1. The minimum Gasteiger partial charge on any atom is -0.490 e. The number of hydrogen-bond acceptors (Lipinski definition) is 7. The SMILES string of the molecule is CO[C@@H](/C(C)=C/C(C)CCS(N)(=O)=O)[C@@H]1CC[C@H]1CN1C[C@@]2(CCCc3cc(Cl)ccc32)COc2ccc(C(=O)OC(C)(C)C)cc21. The van der Waals surface area contributed by atoms with Gasteiger partial charge in [-0.2, -0.15) is 0 Å². The molecule has 1 aliphatic heterocycles. The van der Waals surface area contributed by atoms with E-state index in [4.69, 9.17) is 31.0 Å². The van der Waals surface area contributed by atoms with Gasteiger partial charge in [0.05, 0.1) is 29.7 Å². The molecule has 5 rings (SSSR count). The summed E-state index contributed by atoms with van der Waals surface area (Å²) in [5, 5.41) is 6.00. The smallest absolute Gasteiger partial charge is 0.338 e. The van der Waals surface area contributed by atoms with E-state index < -0.39 is 15.6 Å². The van der Waals surface area contributed by atoms with E-state index in [1.807, 2.05) is 45.9 Å². The van der Waals surface area contributed by atoms with Gasteiger partial charge in [0.2, 0.25) is 10.0 Å². The molecule has 2 N–H and O–H groups in total. The van der Waals surface area contributed by atoms with E-state index in [0.717, 1.165) is 67.2 Å². The highest BCUT2D eigenvalue weighted by Crippen LogP contribution is 2.47. The van der Waals surface area contributed by atoms with Crippen LogP contribution in [0.25, 0.3) is 0 Å². The van der Waals surface area contributed by atoms with Crippen LogP contribution in [0.5, 0.6) is 5.75 Å². The number of allylic oxidation sites excluding steroid dienone is 1. The number of fused-ring (bicyclic) bond motifs is 3. The first-order valence-corrected chi connectivity index (χ1v) is 18.9. The number of sulfonamides is 1. The van der Waals surface area contributed by atoms with Gasteiger partial charge in [-0.15, -0.1) is 0 Å². The number of rotatable bonds is 10. The van der Waals surface area contributed by atoms with Crippen LogP contribution in [0.3, 0.4) is 0 Å². The van der Waals surface area contributed by atoms with Crippen LogP contribution >= 0.6 is 11.6 Å². The fourth-order valence-corrected chi connectivity index (χ4v) is 8.65. The summed E-state index contributed by atoms with van der Waals surface area (Å²) in [7, 11) is -1.75. The average molecular weight is 687 g/mol. The molecule has 5 atom stereocenters. The molecule has 1 fully saturated rings. The first kappa shape index (κ1) is 35.7. The van der Waals surface area contributed by atoms with Gasteiger partial charge in [-0.3, -0.25) is 0 Å². The summed E-state index contributed by atoms with van der Waals surface area (Å²) in [5.41, 5.74) is 4.29. The van der Waals surface area contributed by atoms with Crippen LogP contribution < -0.4 is 14.8 Å². The lowest BCUT2D eigenvalue weighted by Gasteiger charge is -2.46. The first-order chi connectivity index (χ1) is 22.1. The van der Waals surface area contributed by atoms with Gasteiger partial charge < -0.3 is 19.1 Å². The molecule has 0 aromatic heterocycles.